The molecule has 7 nitrogen and oxygen atoms in total. The van der Waals surface area contributed by atoms with Crippen LogP contribution in [0, 0.1) is 32.6 Å². The van der Waals surface area contributed by atoms with Gasteiger partial charge in [0.15, 0.2) is 5.82 Å². The molecule has 0 radical (unpaired) electrons. The first kappa shape index (κ1) is 17.2. The van der Waals surface area contributed by atoms with E-state index in [1.807, 2.05) is 44.2 Å². The Morgan fingerprint density at radius 1 is 1.21 bits per heavy atom. The molecule has 0 saturated carbocycles. The SMILES string of the molecule is Cc1cc(C)cc(NC(=O)[C@H]2[C@H]3C(=O)N(c4cc(C)on4)C[C@]34C=C[C@H]2O4)c1. The van der Waals surface area contributed by atoms with Crippen LogP contribution in [0.3, 0.4) is 0 Å². The van der Waals surface area contributed by atoms with Crippen molar-refractivity contribution in [3.05, 3.63) is 53.3 Å². The summed E-state index contributed by atoms with van der Waals surface area (Å²) in [4.78, 5) is 27.9. The molecule has 28 heavy (non-hydrogen) atoms. The summed E-state index contributed by atoms with van der Waals surface area (Å²) in [6.07, 6.45) is 3.43. The zero-order chi connectivity index (χ0) is 19.6. The van der Waals surface area contributed by atoms with Gasteiger partial charge in [-0.15, -0.1) is 0 Å². The van der Waals surface area contributed by atoms with Gasteiger partial charge in [-0.3, -0.25) is 14.5 Å². The summed E-state index contributed by atoms with van der Waals surface area (Å²) in [7, 11) is 0. The van der Waals surface area contributed by atoms with Crippen molar-refractivity contribution in [3.63, 3.8) is 0 Å². The van der Waals surface area contributed by atoms with Crippen LogP contribution < -0.4 is 10.2 Å². The van der Waals surface area contributed by atoms with Crippen molar-refractivity contribution in [2.75, 3.05) is 16.8 Å². The Hall–Kier alpha value is -2.93. The van der Waals surface area contributed by atoms with Crippen molar-refractivity contribution < 1.29 is 18.8 Å². The number of nitrogens with one attached hydrogen (secondary N) is 1. The van der Waals surface area contributed by atoms with E-state index in [1.165, 1.54) is 0 Å². The molecule has 144 valence electrons. The fourth-order valence-corrected chi connectivity index (χ4v) is 4.74. The minimum absolute atomic E-state index is 0.152. The van der Waals surface area contributed by atoms with Crippen LogP contribution in [0.2, 0.25) is 0 Å². The minimum atomic E-state index is -0.779. The number of carbonyl (C=O) groups is 2. The molecule has 1 N–H and O–H groups in total. The quantitative estimate of drug-likeness (QED) is 0.829. The summed E-state index contributed by atoms with van der Waals surface area (Å²) in [5.74, 6) is -0.400. The third-order valence-electron chi connectivity index (χ3n) is 5.78. The summed E-state index contributed by atoms with van der Waals surface area (Å²) < 4.78 is 11.3. The van der Waals surface area contributed by atoms with Crippen LogP contribution in [0.15, 0.2) is 40.9 Å². The summed E-state index contributed by atoms with van der Waals surface area (Å²) in [5, 5.41) is 6.94. The molecule has 1 spiro atoms. The van der Waals surface area contributed by atoms with E-state index >= 15 is 0 Å². The normalized spacial score (nSPS) is 30.2. The summed E-state index contributed by atoms with van der Waals surface area (Å²) in [6, 6.07) is 7.61. The van der Waals surface area contributed by atoms with E-state index in [-0.39, 0.29) is 17.9 Å². The van der Waals surface area contributed by atoms with Crippen molar-refractivity contribution >= 4 is 23.3 Å². The zero-order valence-electron chi connectivity index (χ0n) is 15.9. The average molecular weight is 379 g/mol. The first-order valence-electron chi connectivity index (χ1n) is 9.37. The molecule has 0 unspecified atom stereocenters. The van der Waals surface area contributed by atoms with Crippen LogP contribution in [0.4, 0.5) is 11.5 Å². The standard InChI is InChI=1S/C21H21N3O4/c1-11-6-12(2)8-14(7-11)22-19(25)17-15-4-5-21(27-15)10-24(20(26)18(17)21)16-9-13(3)28-23-16/h4-9,15,17-18H,10H2,1-3H3,(H,22,25)/t15-,17-,18+,21-/m1/s1. The molecule has 7 heteroatoms. The van der Waals surface area contributed by atoms with Gasteiger partial charge in [-0.1, -0.05) is 23.4 Å². The number of aryl methyl sites for hydroxylation is 3. The molecule has 5 rings (SSSR count). The maximum Gasteiger partial charge on any atom is 0.235 e. The van der Waals surface area contributed by atoms with Crippen LogP contribution in [0.1, 0.15) is 16.9 Å². The predicted molar refractivity (Wildman–Crippen MR) is 102 cm³/mol. The zero-order valence-corrected chi connectivity index (χ0v) is 15.9. The second-order valence-electron chi connectivity index (χ2n) is 7.99. The molecular formula is C21H21N3O4. The van der Waals surface area contributed by atoms with Gasteiger partial charge in [0, 0.05) is 11.8 Å². The molecule has 1 aromatic carbocycles. The van der Waals surface area contributed by atoms with Gasteiger partial charge >= 0.3 is 0 Å². The van der Waals surface area contributed by atoms with E-state index in [0.717, 1.165) is 16.8 Å². The van der Waals surface area contributed by atoms with E-state index in [9.17, 15) is 9.59 Å². The molecule has 3 aliphatic rings. The summed E-state index contributed by atoms with van der Waals surface area (Å²) >= 11 is 0. The molecule has 2 amide bonds. The van der Waals surface area contributed by atoms with Gasteiger partial charge in [0.05, 0.1) is 24.5 Å². The molecular weight excluding hydrogens is 358 g/mol. The van der Waals surface area contributed by atoms with Gasteiger partial charge in [-0.2, -0.15) is 0 Å². The molecule has 4 heterocycles. The second kappa shape index (κ2) is 5.78. The number of hydrogen-bond donors (Lipinski definition) is 1. The number of benzene rings is 1. The van der Waals surface area contributed by atoms with Gasteiger partial charge in [0.2, 0.25) is 11.8 Å². The van der Waals surface area contributed by atoms with Crippen LogP contribution in [0.5, 0.6) is 0 Å². The molecule has 3 aliphatic heterocycles. The lowest BCUT2D eigenvalue weighted by molar-refractivity contribution is -0.128. The number of carbonyl (C=O) groups excluding carboxylic acids is 2. The molecule has 2 fully saturated rings. The Bertz CT molecular complexity index is 1010. The molecule has 1 aromatic heterocycles. The molecule has 2 saturated heterocycles. The van der Waals surface area contributed by atoms with Crippen molar-refractivity contribution in [1.82, 2.24) is 5.16 Å². The number of nitrogens with zero attached hydrogens (tertiary/aromatic N) is 2. The fourth-order valence-electron chi connectivity index (χ4n) is 4.74. The summed E-state index contributed by atoms with van der Waals surface area (Å²) in [6.45, 7) is 6.08. The lowest BCUT2D eigenvalue weighted by Gasteiger charge is -2.23. The third-order valence-corrected chi connectivity index (χ3v) is 5.78. The number of aromatic nitrogens is 1. The van der Waals surface area contributed by atoms with Crippen LogP contribution >= 0.6 is 0 Å². The number of hydrogen-bond acceptors (Lipinski definition) is 5. The van der Waals surface area contributed by atoms with Gasteiger partial charge in [-0.05, 0) is 44.0 Å². The molecule has 2 aromatic rings. The van der Waals surface area contributed by atoms with Crippen molar-refractivity contribution in [2.45, 2.75) is 32.5 Å². The average Bonchev–Trinajstić information content (AvgIpc) is 3.35. The highest BCUT2D eigenvalue weighted by molar-refractivity contribution is 6.05. The number of fused-ring (bicyclic) bond motifs is 1. The van der Waals surface area contributed by atoms with Crippen molar-refractivity contribution in [3.8, 4) is 0 Å². The molecule has 0 aliphatic carbocycles. The highest BCUT2D eigenvalue weighted by Gasteiger charge is 2.67. The van der Waals surface area contributed by atoms with Gasteiger partial charge in [-0.25, -0.2) is 0 Å². The van der Waals surface area contributed by atoms with Crippen LogP contribution in [-0.4, -0.2) is 35.2 Å². The highest BCUT2D eigenvalue weighted by atomic mass is 16.5. The Labute approximate surface area is 162 Å². The summed E-state index contributed by atoms with van der Waals surface area (Å²) in [5.41, 5.74) is 2.09. The fraction of sp³-hybridized carbons (Fsp3) is 0.381. The third kappa shape index (κ3) is 2.43. The second-order valence-corrected chi connectivity index (χ2v) is 7.99. The Morgan fingerprint density at radius 3 is 2.64 bits per heavy atom. The van der Waals surface area contributed by atoms with Crippen LogP contribution in [-0.2, 0) is 14.3 Å². The smallest absolute Gasteiger partial charge is 0.235 e. The lowest BCUT2D eigenvalue weighted by Crippen LogP contribution is -2.41. The Kier molecular flexibility index (Phi) is 3.55. The van der Waals surface area contributed by atoms with E-state index in [4.69, 9.17) is 9.26 Å². The number of anilines is 2. The monoisotopic (exact) mass is 379 g/mol. The van der Waals surface area contributed by atoms with E-state index in [2.05, 4.69) is 10.5 Å². The maximum atomic E-state index is 13.2. The largest absolute Gasteiger partial charge is 0.360 e. The first-order valence-corrected chi connectivity index (χ1v) is 9.37. The molecule has 2 bridgehead atoms. The topological polar surface area (TPSA) is 84.7 Å². The van der Waals surface area contributed by atoms with E-state index in [0.29, 0.717) is 18.1 Å². The van der Waals surface area contributed by atoms with E-state index < -0.39 is 17.4 Å². The Morgan fingerprint density at radius 2 is 1.96 bits per heavy atom. The van der Waals surface area contributed by atoms with Gasteiger partial charge in [0.25, 0.3) is 0 Å². The predicted octanol–water partition coefficient (Wildman–Crippen LogP) is 2.52. The number of ether oxygens (including phenoxy) is 1. The van der Waals surface area contributed by atoms with E-state index in [1.54, 1.807) is 17.9 Å². The number of amides is 2. The first-order chi connectivity index (χ1) is 13.4. The van der Waals surface area contributed by atoms with Crippen LogP contribution in [0.25, 0.3) is 0 Å². The molecule has 4 atom stereocenters. The maximum absolute atomic E-state index is 13.2. The van der Waals surface area contributed by atoms with Crippen molar-refractivity contribution in [2.24, 2.45) is 11.8 Å². The highest BCUT2D eigenvalue weighted by Crippen LogP contribution is 2.52. The lowest BCUT2D eigenvalue weighted by atomic mass is 9.76. The Balaban J connectivity index is 1.44. The minimum Gasteiger partial charge on any atom is -0.360 e. The van der Waals surface area contributed by atoms with Crippen molar-refractivity contribution in [1.29, 1.82) is 0 Å². The van der Waals surface area contributed by atoms with Gasteiger partial charge in [0.1, 0.15) is 11.4 Å². The van der Waals surface area contributed by atoms with Gasteiger partial charge < -0.3 is 14.6 Å². The number of rotatable bonds is 3.